The molecule has 0 aromatic heterocycles. The summed E-state index contributed by atoms with van der Waals surface area (Å²) < 4.78 is 54.6. The van der Waals surface area contributed by atoms with Crippen molar-refractivity contribution in [3.63, 3.8) is 0 Å². The Hall–Kier alpha value is -1.28. The van der Waals surface area contributed by atoms with Gasteiger partial charge in [-0.1, -0.05) is 0 Å². The molecule has 3 nitrogen and oxygen atoms in total. The molecule has 8 heteroatoms. The van der Waals surface area contributed by atoms with Crippen LogP contribution in [0.2, 0.25) is 0 Å². The molecule has 88 valence electrons. The average molecular weight is 238 g/mol. The van der Waals surface area contributed by atoms with Crippen molar-refractivity contribution in [2.45, 2.75) is 6.18 Å². The second-order valence-electron chi connectivity index (χ2n) is 2.96. The smallest absolute Gasteiger partial charge is 0.488 e. The minimum atomic E-state index is -4.93. The van der Waals surface area contributed by atoms with Crippen LogP contribution in [0.15, 0.2) is 12.1 Å². The first kappa shape index (κ1) is 12.8. The highest BCUT2D eigenvalue weighted by molar-refractivity contribution is 6.58. The molecule has 16 heavy (non-hydrogen) atoms. The fraction of sp³-hybridized carbons (Fsp3) is 0.250. The van der Waals surface area contributed by atoms with Crippen molar-refractivity contribution in [2.75, 3.05) is 7.11 Å². The molecule has 0 aliphatic heterocycles. The quantitative estimate of drug-likeness (QED) is 0.583. The molecule has 2 N–H and O–H groups in total. The molecule has 1 aromatic rings. The predicted octanol–water partition coefficient (Wildman–Crippen LogP) is 0.533. The highest BCUT2D eigenvalue weighted by Crippen LogP contribution is 2.34. The number of rotatable bonds is 2. The van der Waals surface area contributed by atoms with Crippen molar-refractivity contribution in [3.05, 3.63) is 23.5 Å². The summed E-state index contributed by atoms with van der Waals surface area (Å²) in [7, 11) is -1.15. The molecule has 0 saturated carbocycles. The number of methoxy groups -OCH3 is 1. The number of benzene rings is 1. The van der Waals surface area contributed by atoms with Crippen molar-refractivity contribution < 1.29 is 32.3 Å². The molecule has 0 aliphatic rings. The van der Waals surface area contributed by atoms with E-state index in [9.17, 15) is 17.6 Å². The highest BCUT2D eigenvalue weighted by Gasteiger charge is 2.36. The molecule has 0 amide bonds. The van der Waals surface area contributed by atoms with E-state index in [1.165, 1.54) is 0 Å². The minimum Gasteiger partial charge on any atom is -0.494 e. The minimum absolute atomic E-state index is 0.322. The third-order valence-electron chi connectivity index (χ3n) is 1.89. The Bertz CT molecular complexity index is 392. The molecule has 0 atom stereocenters. The van der Waals surface area contributed by atoms with E-state index in [1.54, 1.807) is 0 Å². The van der Waals surface area contributed by atoms with E-state index in [2.05, 4.69) is 4.74 Å². The summed E-state index contributed by atoms with van der Waals surface area (Å²) in [6.07, 6.45) is -4.93. The van der Waals surface area contributed by atoms with Gasteiger partial charge in [-0.15, -0.1) is 0 Å². The summed E-state index contributed by atoms with van der Waals surface area (Å²) in [6, 6.07) is 1.11. The van der Waals surface area contributed by atoms with Gasteiger partial charge < -0.3 is 14.8 Å². The first-order valence-corrected chi connectivity index (χ1v) is 4.08. The fourth-order valence-corrected chi connectivity index (χ4v) is 1.12. The van der Waals surface area contributed by atoms with Gasteiger partial charge in [0.1, 0.15) is 0 Å². The molecule has 0 bridgehead atoms. The Kier molecular flexibility index (Phi) is 3.44. The van der Waals surface area contributed by atoms with Crippen LogP contribution < -0.4 is 10.2 Å². The summed E-state index contributed by atoms with van der Waals surface area (Å²) in [6.45, 7) is 0. The normalized spacial score (nSPS) is 11.4. The lowest BCUT2D eigenvalue weighted by Gasteiger charge is -2.13. The topological polar surface area (TPSA) is 49.7 Å². The van der Waals surface area contributed by atoms with Crippen LogP contribution in [0.5, 0.6) is 5.75 Å². The van der Waals surface area contributed by atoms with E-state index in [0.717, 1.165) is 13.2 Å². The maximum absolute atomic E-state index is 13.2. The van der Waals surface area contributed by atoms with Crippen molar-refractivity contribution in [2.24, 2.45) is 0 Å². The Labute approximate surface area is 88.4 Å². The van der Waals surface area contributed by atoms with Gasteiger partial charge in [0, 0.05) is 0 Å². The summed E-state index contributed by atoms with van der Waals surface area (Å²) >= 11 is 0. The SMILES string of the molecule is COc1cc(B(O)O)cc(C(F)(F)F)c1F. The third-order valence-corrected chi connectivity index (χ3v) is 1.89. The van der Waals surface area contributed by atoms with E-state index in [4.69, 9.17) is 10.0 Å². The van der Waals surface area contributed by atoms with Crippen LogP contribution in [-0.4, -0.2) is 24.3 Å². The lowest BCUT2D eigenvalue weighted by molar-refractivity contribution is -0.140. The predicted molar refractivity (Wildman–Crippen MR) is 47.8 cm³/mol. The number of hydrogen-bond acceptors (Lipinski definition) is 3. The monoisotopic (exact) mass is 238 g/mol. The number of hydrogen-bond donors (Lipinski definition) is 2. The van der Waals surface area contributed by atoms with Crippen LogP contribution in [0.25, 0.3) is 0 Å². The van der Waals surface area contributed by atoms with Gasteiger partial charge in [-0.2, -0.15) is 13.2 Å². The standard InChI is InChI=1S/C8H7BF4O3/c1-16-6-3-4(9(14)15)2-5(7(6)10)8(11,12)13/h2-3,14-15H,1H3. The Morgan fingerprint density at radius 1 is 1.25 bits per heavy atom. The molecule has 0 unspecified atom stereocenters. The summed E-state index contributed by atoms with van der Waals surface area (Å²) in [5, 5.41) is 17.5. The zero-order valence-corrected chi connectivity index (χ0v) is 8.05. The van der Waals surface area contributed by atoms with Gasteiger partial charge in [0.2, 0.25) is 0 Å². The molecular weight excluding hydrogens is 231 g/mol. The lowest BCUT2D eigenvalue weighted by Crippen LogP contribution is -2.31. The van der Waals surface area contributed by atoms with Gasteiger partial charge in [-0.3, -0.25) is 0 Å². The van der Waals surface area contributed by atoms with E-state index < -0.39 is 35.9 Å². The summed E-state index contributed by atoms with van der Waals surface area (Å²) in [4.78, 5) is 0. The van der Waals surface area contributed by atoms with Crippen LogP contribution >= 0.6 is 0 Å². The molecule has 0 spiro atoms. The zero-order valence-electron chi connectivity index (χ0n) is 8.05. The fourth-order valence-electron chi connectivity index (χ4n) is 1.12. The van der Waals surface area contributed by atoms with Gasteiger partial charge in [0.15, 0.2) is 11.6 Å². The molecule has 0 aliphatic carbocycles. The van der Waals surface area contributed by atoms with E-state index in [-0.39, 0.29) is 0 Å². The largest absolute Gasteiger partial charge is 0.494 e. The summed E-state index contributed by atoms with van der Waals surface area (Å²) in [5.41, 5.74) is -2.10. The Morgan fingerprint density at radius 2 is 1.81 bits per heavy atom. The zero-order chi connectivity index (χ0) is 12.5. The Morgan fingerprint density at radius 3 is 2.19 bits per heavy atom. The molecular formula is C8H7BF4O3. The molecule has 1 aromatic carbocycles. The van der Waals surface area contributed by atoms with Crippen molar-refractivity contribution >= 4 is 12.6 Å². The molecule has 0 heterocycles. The Balaban J connectivity index is 3.42. The van der Waals surface area contributed by atoms with Gasteiger partial charge >= 0.3 is 13.3 Å². The van der Waals surface area contributed by atoms with Crippen LogP contribution in [0.3, 0.4) is 0 Å². The van der Waals surface area contributed by atoms with Gasteiger partial charge in [-0.05, 0) is 17.6 Å². The van der Waals surface area contributed by atoms with Crippen LogP contribution in [-0.2, 0) is 6.18 Å². The second-order valence-corrected chi connectivity index (χ2v) is 2.96. The first-order chi connectivity index (χ1) is 7.27. The van der Waals surface area contributed by atoms with E-state index in [1.807, 2.05) is 0 Å². The van der Waals surface area contributed by atoms with E-state index >= 15 is 0 Å². The van der Waals surface area contributed by atoms with Crippen LogP contribution in [0, 0.1) is 5.82 Å². The van der Waals surface area contributed by atoms with E-state index in [0.29, 0.717) is 6.07 Å². The first-order valence-electron chi connectivity index (χ1n) is 4.08. The highest BCUT2D eigenvalue weighted by atomic mass is 19.4. The molecule has 0 fully saturated rings. The van der Waals surface area contributed by atoms with Crippen molar-refractivity contribution in [1.82, 2.24) is 0 Å². The van der Waals surface area contributed by atoms with Crippen LogP contribution in [0.1, 0.15) is 5.56 Å². The lowest BCUT2D eigenvalue weighted by atomic mass is 9.79. The number of ether oxygens (including phenoxy) is 1. The van der Waals surface area contributed by atoms with Gasteiger partial charge in [0.05, 0.1) is 12.7 Å². The van der Waals surface area contributed by atoms with Gasteiger partial charge in [0.25, 0.3) is 0 Å². The third kappa shape index (κ3) is 2.45. The molecule has 1 rings (SSSR count). The average Bonchev–Trinajstić information content (AvgIpc) is 2.15. The second kappa shape index (κ2) is 4.30. The maximum Gasteiger partial charge on any atom is 0.488 e. The van der Waals surface area contributed by atoms with Gasteiger partial charge in [-0.25, -0.2) is 4.39 Å². The summed E-state index contributed by atoms with van der Waals surface area (Å²) in [5.74, 6) is -2.28. The van der Waals surface area contributed by atoms with Crippen LogP contribution in [0.4, 0.5) is 17.6 Å². The van der Waals surface area contributed by atoms with Crippen molar-refractivity contribution in [3.8, 4) is 5.75 Å². The molecule has 0 radical (unpaired) electrons. The maximum atomic E-state index is 13.2. The number of alkyl halides is 3. The molecule has 0 saturated heterocycles. The van der Waals surface area contributed by atoms with Crippen molar-refractivity contribution in [1.29, 1.82) is 0 Å². The number of halogens is 4.